The molecule has 2 amide bonds. The fourth-order valence-electron chi connectivity index (χ4n) is 3.18. The van der Waals surface area contributed by atoms with Gasteiger partial charge in [-0.15, -0.1) is 0 Å². The number of rotatable bonds is 7. The lowest BCUT2D eigenvalue weighted by atomic mass is 10.0. The molecule has 1 saturated heterocycles. The molecule has 0 saturated carbocycles. The molecule has 0 aliphatic carbocycles. The van der Waals surface area contributed by atoms with E-state index in [2.05, 4.69) is 34.5 Å². The third-order valence-corrected chi connectivity index (χ3v) is 4.38. The van der Waals surface area contributed by atoms with E-state index in [0.29, 0.717) is 12.5 Å². The molecule has 2 rings (SSSR count). The van der Waals surface area contributed by atoms with Crippen molar-refractivity contribution in [1.29, 1.82) is 0 Å². The maximum atomic E-state index is 12.2. The van der Waals surface area contributed by atoms with Crippen molar-refractivity contribution in [1.82, 2.24) is 20.7 Å². The van der Waals surface area contributed by atoms with Gasteiger partial charge in [-0.05, 0) is 52.1 Å². The van der Waals surface area contributed by atoms with Crippen molar-refractivity contribution in [3.63, 3.8) is 0 Å². The third kappa shape index (κ3) is 5.53. The zero-order valence-corrected chi connectivity index (χ0v) is 14.8. The van der Waals surface area contributed by atoms with Gasteiger partial charge < -0.3 is 20.1 Å². The summed E-state index contributed by atoms with van der Waals surface area (Å²) >= 11 is 0. The maximum absolute atomic E-state index is 12.2. The second-order valence-electron chi connectivity index (χ2n) is 6.96. The highest BCUT2D eigenvalue weighted by Crippen LogP contribution is 2.13. The SMILES string of the molecule is Cc1noc(C)c1CNC(=O)N[C@@H](CC(C)C)CN1CCCC1. The van der Waals surface area contributed by atoms with E-state index in [4.69, 9.17) is 4.52 Å². The van der Waals surface area contributed by atoms with Crippen molar-refractivity contribution in [2.24, 2.45) is 5.92 Å². The van der Waals surface area contributed by atoms with Gasteiger partial charge in [-0.3, -0.25) is 0 Å². The van der Waals surface area contributed by atoms with Crippen LogP contribution in [0.4, 0.5) is 4.79 Å². The van der Waals surface area contributed by atoms with Crippen LogP contribution in [0.2, 0.25) is 0 Å². The van der Waals surface area contributed by atoms with Crippen LogP contribution in [-0.2, 0) is 6.54 Å². The lowest BCUT2D eigenvalue weighted by Gasteiger charge is -2.26. The van der Waals surface area contributed by atoms with Crippen molar-refractivity contribution in [3.05, 3.63) is 17.0 Å². The number of likely N-dealkylation sites (tertiary alicyclic amines) is 1. The van der Waals surface area contributed by atoms with Crippen molar-refractivity contribution in [2.45, 2.75) is 59.5 Å². The van der Waals surface area contributed by atoms with Gasteiger partial charge in [-0.25, -0.2) is 4.79 Å². The van der Waals surface area contributed by atoms with Gasteiger partial charge in [0.15, 0.2) is 0 Å². The number of amides is 2. The van der Waals surface area contributed by atoms with Crippen LogP contribution in [0.3, 0.4) is 0 Å². The van der Waals surface area contributed by atoms with E-state index in [0.717, 1.165) is 43.1 Å². The first-order valence-electron chi connectivity index (χ1n) is 8.64. The average molecular weight is 322 g/mol. The molecule has 1 aliphatic rings. The Bertz CT molecular complexity index is 487. The van der Waals surface area contributed by atoms with Gasteiger partial charge in [0.2, 0.25) is 0 Å². The van der Waals surface area contributed by atoms with E-state index in [9.17, 15) is 4.79 Å². The highest BCUT2D eigenvalue weighted by Gasteiger charge is 2.20. The normalized spacial score (nSPS) is 16.7. The predicted molar refractivity (Wildman–Crippen MR) is 90.3 cm³/mol. The van der Waals surface area contributed by atoms with E-state index in [1.54, 1.807) is 0 Å². The molecule has 0 spiro atoms. The van der Waals surface area contributed by atoms with Crippen molar-refractivity contribution in [2.75, 3.05) is 19.6 Å². The molecular formula is C17H30N4O2. The maximum Gasteiger partial charge on any atom is 0.315 e. The summed E-state index contributed by atoms with van der Waals surface area (Å²) in [5, 5.41) is 9.97. The van der Waals surface area contributed by atoms with Crippen LogP contribution < -0.4 is 10.6 Å². The zero-order chi connectivity index (χ0) is 16.8. The molecule has 0 radical (unpaired) electrons. The molecule has 2 heterocycles. The molecule has 0 aromatic carbocycles. The number of urea groups is 1. The van der Waals surface area contributed by atoms with Crippen molar-refractivity contribution in [3.8, 4) is 0 Å². The van der Waals surface area contributed by atoms with Gasteiger partial charge >= 0.3 is 6.03 Å². The molecule has 6 heteroatoms. The number of nitrogens with one attached hydrogen (secondary N) is 2. The first-order chi connectivity index (χ1) is 11.0. The van der Waals surface area contributed by atoms with E-state index in [-0.39, 0.29) is 12.1 Å². The molecule has 23 heavy (non-hydrogen) atoms. The van der Waals surface area contributed by atoms with Gasteiger partial charge in [0.05, 0.1) is 5.69 Å². The highest BCUT2D eigenvalue weighted by atomic mass is 16.5. The van der Waals surface area contributed by atoms with Crippen LogP contribution in [-0.4, -0.2) is 41.8 Å². The van der Waals surface area contributed by atoms with E-state index in [1.165, 1.54) is 12.8 Å². The monoisotopic (exact) mass is 322 g/mol. The largest absolute Gasteiger partial charge is 0.361 e. The number of hydrogen-bond donors (Lipinski definition) is 2. The summed E-state index contributed by atoms with van der Waals surface area (Å²) in [6, 6.07) is 0.0765. The first-order valence-corrected chi connectivity index (χ1v) is 8.64. The number of hydrogen-bond acceptors (Lipinski definition) is 4. The van der Waals surface area contributed by atoms with Gasteiger partial charge in [0, 0.05) is 24.7 Å². The van der Waals surface area contributed by atoms with Crippen molar-refractivity contribution < 1.29 is 9.32 Å². The molecule has 6 nitrogen and oxygen atoms in total. The number of aryl methyl sites for hydroxylation is 2. The molecular weight excluding hydrogens is 292 g/mol. The summed E-state index contributed by atoms with van der Waals surface area (Å²) in [4.78, 5) is 14.7. The van der Waals surface area contributed by atoms with Crippen LogP contribution >= 0.6 is 0 Å². The summed E-state index contributed by atoms with van der Waals surface area (Å²) in [5.74, 6) is 1.32. The minimum absolute atomic E-state index is 0.116. The van der Waals surface area contributed by atoms with Gasteiger partial charge in [0.25, 0.3) is 0 Å². The molecule has 130 valence electrons. The number of aromatic nitrogens is 1. The molecule has 0 unspecified atom stereocenters. The fourth-order valence-corrected chi connectivity index (χ4v) is 3.18. The molecule has 2 N–H and O–H groups in total. The van der Waals surface area contributed by atoms with E-state index < -0.39 is 0 Å². The van der Waals surface area contributed by atoms with Gasteiger partial charge in [-0.2, -0.15) is 0 Å². The van der Waals surface area contributed by atoms with Crippen LogP contribution in [0.25, 0.3) is 0 Å². The smallest absolute Gasteiger partial charge is 0.315 e. The highest BCUT2D eigenvalue weighted by molar-refractivity contribution is 5.74. The third-order valence-electron chi connectivity index (χ3n) is 4.38. The Morgan fingerprint density at radius 2 is 2.00 bits per heavy atom. The second kappa shape index (κ2) is 8.34. The molecule has 1 fully saturated rings. The summed E-state index contributed by atoms with van der Waals surface area (Å²) in [6.07, 6.45) is 3.54. The first kappa shape index (κ1) is 17.8. The predicted octanol–water partition coefficient (Wildman–Crippen LogP) is 2.60. The van der Waals surface area contributed by atoms with Crippen LogP contribution in [0, 0.1) is 19.8 Å². The minimum Gasteiger partial charge on any atom is -0.361 e. The lowest BCUT2D eigenvalue weighted by molar-refractivity contribution is 0.223. The minimum atomic E-state index is -0.116. The second-order valence-corrected chi connectivity index (χ2v) is 6.96. The Labute approximate surface area is 139 Å². The molecule has 0 bridgehead atoms. The van der Waals surface area contributed by atoms with Gasteiger partial charge in [-0.1, -0.05) is 19.0 Å². The number of nitrogens with zero attached hydrogens (tertiary/aromatic N) is 2. The standard InChI is InChI=1S/C17H30N4O2/c1-12(2)9-15(11-21-7-5-6-8-21)19-17(22)18-10-16-13(3)20-23-14(16)4/h12,15H,5-11H2,1-4H3,(H2,18,19,22)/t15-/m0/s1. The van der Waals surface area contributed by atoms with Crippen LogP contribution in [0.15, 0.2) is 4.52 Å². The lowest BCUT2D eigenvalue weighted by Crippen LogP contribution is -2.47. The van der Waals surface area contributed by atoms with Crippen molar-refractivity contribution >= 4 is 6.03 Å². The Morgan fingerprint density at radius 1 is 1.30 bits per heavy atom. The Kier molecular flexibility index (Phi) is 6.45. The van der Waals surface area contributed by atoms with E-state index in [1.807, 2.05) is 13.8 Å². The quantitative estimate of drug-likeness (QED) is 0.809. The topological polar surface area (TPSA) is 70.4 Å². The number of carbonyl (C=O) groups excluding carboxylic acids is 1. The Morgan fingerprint density at radius 3 is 2.57 bits per heavy atom. The van der Waals surface area contributed by atoms with Gasteiger partial charge in [0.1, 0.15) is 5.76 Å². The molecule has 1 atom stereocenters. The molecule has 1 aromatic rings. The summed E-state index contributed by atoms with van der Waals surface area (Å²) in [7, 11) is 0. The average Bonchev–Trinajstić information content (AvgIpc) is 3.07. The molecule has 1 aliphatic heterocycles. The zero-order valence-electron chi connectivity index (χ0n) is 14.8. The number of carbonyl (C=O) groups is 1. The summed E-state index contributed by atoms with van der Waals surface area (Å²) in [5.41, 5.74) is 1.79. The Hall–Kier alpha value is -1.56. The van der Waals surface area contributed by atoms with Crippen LogP contribution in [0.1, 0.15) is 50.1 Å². The fraction of sp³-hybridized carbons (Fsp3) is 0.765. The van der Waals surface area contributed by atoms with Crippen LogP contribution in [0.5, 0.6) is 0 Å². The summed E-state index contributed by atoms with van der Waals surface area (Å²) in [6.45, 7) is 11.8. The van der Waals surface area contributed by atoms with E-state index >= 15 is 0 Å². The Balaban J connectivity index is 1.83. The molecule has 1 aromatic heterocycles. The summed E-state index contributed by atoms with van der Waals surface area (Å²) < 4.78 is 5.12.